The Labute approximate surface area is 284 Å². The molecule has 4 amide bonds. The zero-order valence-corrected chi connectivity index (χ0v) is 27.3. The summed E-state index contributed by atoms with van der Waals surface area (Å²) in [7, 11) is 0. The molecule has 2 aromatic carbocycles. The fourth-order valence-corrected chi connectivity index (χ4v) is 8.82. The zero-order chi connectivity index (χ0) is 33.8. The van der Waals surface area contributed by atoms with Gasteiger partial charge in [-0.3, -0.25) is 34.4 Å². The van der Waals surface area contributed by atoms with Gasteiger partial charge in [-0.15, -0.1) is 0 Å². The Bertz CT molecular complexity index is 1900. The maximum Gasteiger partial charge on any atom is 0.255 e. The van der Waals surface area contributed by atoms with Crippen LogP contribution >= 0.6 is 0 Å². The lowest BCUT2D eigenvalue weighted by atomic mass is 9.37. The maximum absolute atomic E-state index is 13.0. The molecule has 5 fully saturated rings. The van der Waals surface area contributed by atoms with Crippen LogP contribution in [0.15, 0.2) is 54.9 Å². The molecule has 252 valence electrons. The van der Waals surface area contributed by atoms with Gasteiger partial charge in [-0.25, -0.2) is 4.98 Å². The average Bonchev–Trinajstić information content (AvgIpc) is 3.40. The van der Waals surface area contributed by atoms with Crippen LogP contribution in [0.3, 0.4) is 0 Å². The summed E-state index contributed by atoms with van der Waals surface area (Å²) in [5.41, 5.74) is 5.72. The summed E-state index contributed by atoms with van der Waals surface area (Å²) in [5, 5.41) is 16.9. The summed E-state index contributed by atoms with van der Waals surface area (Å²) in [6.45, 7) is 2.75. The van der Waals surface area contributed by atoms with E-state index in [1.165, 1.54) is 6.21 Å². The smallest absolute Gasteiger partial charge is 0.255 e. The molecule has 3 aliphatic carbocycles. The molecule has 4 N–H and O–H groups in total. The van der Waals surface area contributed by atoms with Crippen molar-refractivity contribution in [3.8, 4) is 0 Å². The second-order valence-corrected chi connectivity index (χ2v) is 14.5. The number of allylic oxidation sites excluding steroid dienone is 1. The number of imide groups is 1. The summed E-state index contributed by atoms with van der Waals surface area (Å²) >= 11 is 0. The third-order valence-corrected chi connectivity index (χ3v) is 11.3. The minimum atomic E-state index is -0.638. The summed E-state index contributed by atoms with van der Waals surface area (Å²) in [4.78, 5) is 63.2. The van der Waals surface area contributed by atoms with Crippen molar-refractivity contribution >= 4 is 46.4 Å². The Hall–Kier alpha value is -4.97. The van der Waals surface area contributed by atoms with Gasteiger partial charge in [0.05, 0.1) is 22.9 Å². The molecule has 9 rings (SSSR count). The van der Waals surface area contributed by atoms with Gasteiger partial charge in [0.2, 0.25) is 17.7 Å². The Morgan fingerprint density at radius 3 is 2.57 bits per heavy atom. The summed E-state index contributed by atoms with van der Waals surface area (Å²) in [6, 6.07) is 13.0. The number of rotatable bonds is 10. The molecule has 12 nitrogen and oxygen atoms in total. The molecule has 1 unspecified atom stereocenters. The van der Waals surface area contributed by atoms with Crippen molar-refractivity contribution in [2.45, 2.75) is 82.1 Å². The van der Waals surface area contributed by atoms with E-state index < -0.39 is 11.9 Å². The quantitative estimate of drug-likeness (QED) is 0.191. The summed E-state index contributed by atoms with van der Waals surface area (Å²) < 4.78 is 0. The molecule has 6 aliphatic rings. The molecule has 2 bridgehead atoms. The van der Waals surface area contributed by atoms with Crippen LogP contribution in [0, 0.1) is 10.8 Å². The predicted molar refractivity (Wildman–Crippen MR) is 182 cm³/mol. The van der Waals surface area contributed by atoms with E-state index in [-0.39, 0.29) is 35.1 Å². The Kier molecular flexibility index (Phi) is 7.78. The van der Waals surface area contributed by atoms with E-state index in [1.54, 1.807) is 17.2 Å². The fraction of sp³-hybridized carbons (Fsp3) is 0.432. The molecule has 3 aliphatic heterocycles. The number of carbonyl (C=O) groups excluding carboxylic acids is 4. The topological polar surface area (TPSA) is 160 Å². The molecule has 4 heterocycles. The third kappa shape index (κ3) is 5.77. The van der Waals surface area contributed by atoms with Crippen LogP contribution in [-0.4, -0.2) is 80.3 Å². The van der Waals surface area contributed by atoms with Crippen molar-refractivity contribution in [3.63, 3.8) is 0 Å². The number of nitrogens with zero attached hydrogens (tertiary/aromatic N) is 4. The van der Waals surface area contributed by atoms with Gasteiger partial charge in [0.25, 0.3) is 5.91 Å². The molecular weight excluding hydrogens is 620 g/mol. The normalized spacial score (nSPS) is 26.9. The number of para-hydroxylation sites is 2. The molecule has 1 aromatic heterocycles. The molecule has 49 heavy (non-hydrogen) atoms. The average molecular weight is 661 g/mol. The standard InChI is InChI=1S/C37H40N8O4/c38-15-25(30-18-40-28-3-1-2-4-29(28)42-30)17-39-26-9-11-44(12-10-26)37-20-36(21-37,22-37)14-33(47)41-16-23-5-6-27-24(13-23)19-45(35(27)49)31-7-8-32(46)43-34(31)48/h1-6,13,15,17-18,26,31,38-39H,7-12,14,16,19-22H2,(H,41,47)(H,43,46,48)/b25-17+,38-15?. The van der Waals surface area contributed by atoms with Crippen molar-refractivity contribution in [3.05, 3.63) is 77.2 Å². The lowest BCUT2D eigenvalue weighted by Gasteiger charge is -2.74. The van der Waals surface area contributed by atoms with Gasteiger partial charge in [0, 0.05) is 74.2 Å². The highest BCUT2D eigenvalue weighted by molar-refractivity contribution is 6.07. The Morgan fingerprint density at radius 1 is 1.04 bits per heavy atom. The molecule has 0 spiro atoms. The number of hydrogen-bond acceptors (Lipinski definition) is 9. The number of carbonyl (C=O) groups is 4. The largest absolute Gasteiger partial charge is 0.387 e. The van der Waals surface area contributed by atoms with Gasteiger partial charge in [-0.2, -0.15) is 0 Å². The van der Waals surface area contributed by atoms with Crippen molar-refractivity contribution in [1.82, 2.24) is 35.7 Å². The highest BCUT2D eigenvalue weighted by atomic mass is 16.2. The number of aromatic nitrogens is 2. The van der Waals surface area contributed by atoms with Crippen LogP contribution in [0.2, 0.25) is 0 Å². The van der Waals surface area contributed by atoms with Crippen LogP contribution in [0.5, 0.6) is 0 Å². The van der Waals surface area contributed by atoms with Crippen LogP contribution < -0.4 is 16.0 Å². The molecular formula is C37H40N8O4. The first-order chi connectivity index (χ1) is 23.7. The van der Waals surface area contributed by atoms with Crippen molar-refractivity contribution in [1.29, 1.82) is 5.41 Å². The molecule has 2 saturated heterocycles. The molecule has 3 saturated carbocycles. The monoisotopic (exact) mass is 660 g/mol. The molecule has 12 heteroatoms. The van der Waals surface area contributed by atoms with E-state index in [4.69, 9.17) is 5.41 Å². The summed E-state index contributed by atoms with van der Waals surface area (Å²) in [5.74, 6) is -0.859. The number of fused-ring (bicyclic) bond motifs is 2. The number of nitrogens with one attached hydrogen (secondary N) is 4. The van der Waals surface area contributed by atoms with E-state index in [0.717, 1.165) is 67.4 Å². The zero-order valence-electron chi connectivity index (χ0n) is 27.3. The molecule has 1 atom stereocenters. The first-order valence-corrected chi connectivity index (χ1v) is 17.2. The van der Waals surface area contributed by atoms with E-state index in [0.29, 0.717) is 48.8 Å². The van der Waals surface area contributed by atoms with Crippen molar-refractivity contribution in [2.75, 3.05) is 13.1 Å². The number of likely N-dealkylation sites (tertiary alicyclic amines) is 1. The number of hydrogen-bond donors (Lipinski definition) is 4. The van der Waals surface area contributed by atoms with Crippen LogP contribution in [0.1, 0.15) is 78.5 Å². The van der Waals surface area contributed by atoms with Crippen LogP contribution in [0.4, 0.5) is 0 Å². The first-order valence-electron chi connectivity index (χ1n) is 17.2. The molecule has 3 aromatic rings. The van der Waals surface area contributed by atoms with Gasteiger partial charge >= 0.3 is 0 Å². The maximum atomic E-state index is 13.0. The van der Waals surface area contributed by atoms with Gasteiger partial charge < -0.3 is 20.9 Å². The number of benzene rings is 2. The predicted octanol–water partition coefficient (Wildman–Crippen LogP) is 3.06. The summed E-state index contributed by atoms with van der Waals surface area (Å²) in [6.07, 6.45) is 11.3. The second kappa shape index (κ2) is 12.2. The van der Waals surface area contributed by atoms with Gasteiger partial charge in [-0.05, 0) is 73.3 Å². The Balaban J connectivity index is 0.781. The van der Waals surface area contributed by atoms with Gasteiger partial charge in [0.1, 0.15) is 6.04 Å². The van der Waals surface area contributed by atoms with Crippen molar-refractivity contribution in [2.24, 2.45) is 5.41 Å². The van der Waals surface area contributed by atoms with Gasteiger partial charge in [0.15, 0.2) is 0 Å². The highest BCUT2D eigenvalue weighted by Gasteiger charge is 2.70. The highest BCUT2D eigenvalue weighted by Crippen LogP contribution is 2.71. The second-order valence-electron chi connectivity index (χ2n) is 14.5. The van der Waals surface area contributed by atoms with E-state index in [9.17, 15) is 19.2 Å². The molecule has 0 radical (unpaired) electrons. The number of amides is 4. The fourth-order valence-electron chi connectivity index (χ4n) is 8.82. The van der Waals surface area contributed by atoms with E-state index in [1.807, 2.05) is 42.6 Å². The lowest BCUT2D eigenvalue weighted by Crippen LogP contribution is -2.76. The Morgan fingerprint density at radius 2 is 1.82 bits per heavy atom. The first kappa shape index (κ1) is 31.3. The van der Waals surface area contributed by atoms with E-state index >= 15 is 0 Å². The third-order valence-electron chi connectivity index (χ3n) is 11.3. The lowest BCUT2D eigenvalue weighted by molar-refractivity contribution is -0.226. The van der Waals surface area contributed by atoms with Crippen molar-refractivity contribution < 1.29 is 19.2 Å². The minimum absolute atomic E-state index is 0.0582. The van der Waals surface area contributed by atoms with Crippen LogP contribution in [0.25, 0.3) is 16.6 Å². The van der Waals surface area contributed by atoms with Gasteiger partial charge in [-0.1, -0.05) is 24.3 Å². The SMILES string of the molecule is N=C/C(=C\NC1CCN(C23CC(CC(=O)NCc4ccc5c(c4)CN(C4CCC(=O)NC4=O)C5=O)(C2)C3)CC1)c1cnc2ccccc2n1. The van der Waals surface area contributed by atoms with Crippen LogP contribution in [-0.2, 0) is 27.5 Å². The van der Waals surface area contributed by atoms with E-state index in [2.05, 4.69) is 30.8 Å². The minimum Gasteiger partial charge on any atom is -0.387 e. The number of piperidine rings is 2.